The van der Waals surface area contributed by atoms with Crippen molar-refractivity contribution in [3.05, 3.63) is 71.1 Å². The third kappa shape index (κ3) is 10.2. The Kier molecular flexibility index (Phi) is 12.0. The molecule has 0 atom stereocenters. The Labute approximate surface area is 279 Å². The summed E-state index contributed by atoms with van der Waals surface area (Å²) in [6.07, 6.45) is 3.72. The molecule has 0 aliphatic heterocycles. The first-order valence-electron chi connectivity index (χ1n) is 14.2. The lowest BCUT2D eigenvalue weighted by molar-refractivity contribution is 0.309. The second kappa shape index (κ2) is 15.7. The van der Waals surface area contributed by atoms with Crippen molar-refractivity contribution in [2.24, 2.45) is 4.99 Å². The third-order valence-electron chi connectivity index (χ3n) is 6.87. The highest BCUT2D eigenvalue weighted by atomic mass is 32.2. The number of thiazole rings is 1. The van der Waals surface area contributed by atoms with Crippen molar-refractivity contribution in [1.82, 2.24) is 4.98 Å². The van der Waals surface area contributed by atoms with Gasteiger partial charge in [0.15, 0.2) is 11.5 Å². The SMILES string of the molecule is COc1cc(-c2nc(-c3ccc(N=Cc4ccc(N(CCOS(C)(=O)=O)CCOS(C)(=O)=O)cc4C)cc3)cs2)cc(OC)c1OC. The van der Waals surface area contributed by atoms with Crippen LogP contribution in [0, 0.1) is 6.92 Å². The minimum Gasteiger partial charge on any atom is -0.493 e. The Morgan fingerprint density at radius 2 is 1.40 bits per heavy atom. The lowest BCUT2D eigenvalue weighted by Crippen LogP contribution is -2.32. The Morgan fingerprint density at radius 1 is 0.809 bits per heavy atom. The second-order valence-corrected chi connectivity index (χ2v) is 14.5. The van der Waals surface area contributed by atoms with E-state index in [0.717, 1.165) is 56.8 Å². The zero-order valence-electron chi connectivity index (χ0n) is 26.9. The Hall–Kier alpha value is -4.02. The van der Waals surface area contributed by atoms with Crippen LogP contribution >= 0.6 is 11.3 Å². The van der Waals surface area contributed by atoms with E-state index in [0.29, 0.717) is 17.2 Å². The van der Waals surface area contributed by atoms with E-state index in [1.165, 1.54) is 11.3 Å². The quantitative estimate of drug-likeness (QED) is 0.111. The van der Waals surface area contributed by atoms with E-state index in [1.807, 2.05) is 66.9 Å². The number of ether oxygens (including phenoxy) is 3. The summed E-state index contributed by atoms with van der Waals surface area (Å²) in [6.45, 7) is 2.16. The highest BCUT2D eigenvalue weighted by Gasteiger charge is 2.17. The average molecular weight is 704 g/mol. The number of methoxy groups -OCH3 is 3. The smallest absolute Gasteiger partial charge is 0.264 e. The van der Waals surface area contributed by atoms with Gasteiger partial charge in [0.2, 0.25) is 5.75 Å². The number of aromatic nitrogens is 1. The van der Waals surface area contributed by atoms with Gasteiger partial charge in [-0.25, -0.2) is 4.98 Å². The summed E-state index contributed by atoms with van der Waals surface area (Å²) >= 11 is 1.51. The molecule has 0 amide bonds. The van der Waals surface area contributed by atoms with E-state index in [4.69, 9.17) is 27.6 Å². The maximum Gasteiger partial charge on any atom is 0.264 e. The molecule has 0 aliphatic rings. The van der Waals surface area contributed by atoms with E-state index in [1.54, 1.807) is 32.4 Å². The molecule has 47 heavy (non-hydrogen) atoms. The van der Waals surface area contributed by atoms with Crippen LogP contribution in [0.4, 0.5) is 11.4 Å². The van der Waals surface area contributed by atoms with Crippen LogP contribution < -0.4 is 19.1 Å². The van der Waals surface area contributed by atoms with Gasteiger partial charge in [-0.3, -0.25) is 13.4 Å². The highest BCUT2D eigenvalue weighted by Crippen LogP contribution is 2.42. The largest absolute Gasteiger partial charge is 0.493 e. The molecule has 0 aliphatic carbocycles. The van der Waals surface area contributed by atoms with Gasteiger partial charge in [-0.2, -0.15) is 16.8 Å². The summed E-state index contributed by atoms with van der Waals surface area (Å²) < 4.78 is 71.8. The van der Waals surface area contributed by atoms with E-state index >= 15 is 0 Å². The number of anilines is 1. The Morgan fingerprint density at radius 3 is 1.91 bits per heavy atom. The zero-order valence-corrected chi connectivity index (χ0v) is 29.4. The first-order chi connectivity index (χ1) is 22.3. The van der Waals surface area contributed by atoms with Gasteiger partial charge in [0.1, 0.15) is 5.01 Å². The van der Waals surface area contributed by atoms with Crippen LogP contribution in [0.1, 0.15) is 11.1 Å². The second-order valence-electron chi connectivity index (χ2n) is 10.3. The van der Waals surface area contributed by atoms with Gasteiger partial charge < -0.3 is 19.1 Å². The molecule has 1 heterocycles. The van der Waals surface area contributed by atoms with Gasteiger partial charge >= 0.3 is 0 Å². The molecule has 4 aromatic rings. The van der Waals surface area contributed by atoms with Crippen LogP contribution in [0.3, 0.4) is 0 Å². The monoisotopic (exact) mass is 703 g/mol. The van der Waals surface area contributed by atoms with Crippen molar-refractivity contribution < 1.29 is 39.4 Å². The number of nitrogens with zero attached hydrogens (tertiary/aromatic N) is 3. The number of aliphatic imine (C=N–C) groups is 1. The minimum absolute atomic E-state index is 0.0941. The van der Waals surface area contributed by atoms with Crippen LogP contribution in [-0.2, 0) is 28.6 Å². The average Bonchev–Trinajstić information content (AvgIpc) is 3.52. The van der Waals surface area contributed by atoms with Crippen molar-refractivity contribution in [1.29, 1.82) is 0 Å². The molecule has 0 N–H and O–H groups in total. The number of hydrogen-bond donors (Lipinski definition) is 0. The van der Waals surface area contributed by atoms with Crippen LogP contribution in [0.25, 0.3) is 21.8 Å². The molecule has 0 fully saturated rings. The number of rotatable bonds is 16. The summed E-state index contributed by atoms with van der Waals surface area (Å²) in [7, 11) is -2.51. The summed E-state index contributed by atoms with van der Waals surface area (Å²) in [6, 6.07) is 17.2. The summed E-state index contributed by atoms with van der Waals surface area (Å²) in [5, 5.41) is 2.80. The lowest BCUT2D eigenvalue weighted by Gasteiger charge is -2.25. The number of benzene rings is 3. The van der Waals surface area contributed by atoms with E-state index in [9.17, 15) is 16.8 Å². The molecule has 3 aromatic carbocycles. The molecule has 0 spiro atoms. The molecule has 0 saturated heterocycles. The molecule has 12 nitrogen and oxygen atoms in total. The van der Waals surface area contributed by atoms with Crippen LogP contribution in [-0.4, -0.2) is 88.2 Å². The fraction of sp³-hybridized carbons (Fsp3) is 0.312. The van der Waals surface area contributed by atoms with Gasteiger partial charge in [-0.05, 0) is 54.4 Å². The van der Waals surface area contributed by atoms with E-state index in [-0.39, 0.29) is 26.3 Å². The van der Waals surface area contributed by atoms with Crippen molar-refractivity contribution in [2.45, 2.75) is 6.92 Å². The van der Waals surface area contributed by atoms with Crippen molar-refractivity contribution in [3.8, 4) is 39.1 Å². The standard InChI is InChI=1S/C32H37N3O9S3/c1-22-17-27(35(13-15-43-46(5,36)37)14-16-44-47(6,38)39)12-9-24(22)20-33-26-10-7-23(8-11-26)28-21-45-32(34-28)25-18-29(40-2)31(42-4)30(19-25)41-3/h7-12,17-21H,13-16H2,1-6H3. The minimum atomic E-state index is -3.62. The molecule has 0 saturated carbocycles. The van der Waals surface area contributed by atoms with E-state index in [2.05, 4.69) is 4.99 Å². The highest BCUT2D eigenvalue weighted by molar-refractivity contribution is 7.86. The molecule has 4 rings (SSSR count). The molecular formula is C32H37N3O9S3. The molecule has 1 aromatic heterocycles. The maximum absolute atomic E-state index is 11.4. The number of hydrogen-bond acceptors (Lipinski definition) is 13. The molecule has 15 heteroatoms. The summed E-state index contributed by atoms with van der Waals surface area (Å²) in [5.74, 6) is 1.64. The lowest BCUT2D eigenvalue weighted by atomic mass is 10.1. The number of aryl methyl sites for hydroxylation is 1. The van der Waals surface area contributed by atoms with Gasteiger partial charge in [0, 0.05) is 41.5 Å². The Balaban J connectivity index is 1.46. The van der Waals surface area contributed by atoms with Crippen molar-refractivity contribution >= 4 is 49.2 Å². The summed E-state index contributed by atoms with van der Waals surface area (Å²) in [4.78, 5) is 11.3. The first kappa shape index (κ1) is 35.8. The fourth-order valence-corrected chi connectivity index (χ4v) is 6.15. The molecular weight excluding hydrogens is 667 g/mol. The van der Waals surface area contributed by atoms with E-state index < -0.39 is 20.2 Å². The topological polar surface area (TPSA) is 143 Å². The van der Waals surface area contributed by atoms with Gasteiger partial charge in [0.05, 0.1) is 58.4 Å². The first-order valence-corrected chi connectivity index (χ1v) is 18.8. The predicted molar refractivity (Wildman–Crippen MR) is 185 cm³/mol. The summed E-state index contributed by atoms with van der Waals surface area (Å²) in [5.41, 5.74) is 5.94. The van der Waals surface area contributed by atoms with Crippen molar-refractivity contribution in [2.75, 3.05) is 65.0 Å². The maximum atomic E-state index is 11.4. The third-order valence-corrected chi connectivity index (χ3v) is 8.95. The van der Waals surface area contributed by atoms with Crippen LogP contribution in [0.5, 0.6) is 17.2 Å². The molecule has 0 bridgehead atoms. The van der Waals surface area contributed by atoms with Gasteiger partial charge in [-0.1, -0.05) is 18.2 Å². The van der Waals surface area contributed by atoms with Crippen molar-refractivity contribution in [3.63, 3.8) is 0 Å². The van der Waals surface area contributed by atoms with Gasteiger partial charge in [-0.15, -0.1) is 11.3 Å². The molecule has 0 unspecified atom stereocenters. The van der Waals surface area contributed by atoms with Gasteiger partial charge in [0.25, 0.3) is 20.2 Å². The predicted octanol–water partition coefficient (Wildman–Crippen LogP) is 5.32. The van der Waals surface area contributed by atoms with Crippen LogP contribution in [0.15, 0.2) is 65.0 Å². The molecule has 252 valence electrons. The zero-order chi connectivity index (χ0) is 34.2. The Bertz CT molecular complexity index is 1860. The molecule has 0 radical (unpaired) electrons. The fourth-order valence-electron chi connectivity index (χ4n) is 4.57. The normalized spacial score (nSPS) is 12.0. The van der Waals surface area contributed by atoms with Crippen LogP contribution in [0.2, 0.25) is 0 Å².